The molecule has 0 saturated carbocycles. The van der Waals surface area contributed by atoms with Crippen LogP contribution in [0, 0.1) is 10.1 Å². The number of methoxy groups -OCH3 is 1. The Kier molecular flexibility index (Phi) is 8.23. The van der Waals surface area contributed by atoms with Gasteiger partial charge in [0.2, 0.25) is 10.0 Å². The Balaban J connectivity index is 1.61. The summed E-state index contributed by atoms with van der Waals surface area (Å²) in [6.07, 6.45) is 1.69. The molecule has 0 atom stereocenters. The van der Waals surface area contributed by atoms with E-state index in [1.54, 1.807) is 13.1 Å². The van der Waals surface area contributed by atoms with Crippen LogP contribution in [-0.2, 0) is 10.0 Å². The molecule has 12 nitrogen and oxygen atoms in total. The van der Waals surface area contributed by atoms with E-state index in [2.05, 4.69) is 10.3 Å². The minimum Gasteiger partial charge on any atom is -0.493 e. The maximum absolute atomic E-state index is 12.7. The lowest BCUT2D eigenvalue weighted by Crippen LogP contribution is -2.50. The van der Waals surface area contributed by atoms with E-state index in [1.807, 2.05) is 23.1 Å². The molecule has 13 heteroatoms. The molecule has 1 fully saturated rings. The number of anilines is 1. The van der Waals surface area contributed by atoms with Crippen molar-refractivity contribution in [2.24, 2.45) is 0 Å². The van der Waals surface area contributed by atoms with Gasteiger partial charge in [0, 0.05) is 45.0 Å². The van der Waals surface area contributed by atoms with E-state index in [-0.39, 0.29) is 36.0 Å². The first kappa shape index (κ1) is 25.2. The van der Waals surface area contributed by atoms with Crippen LogP contribution in [0.5, 0.6) is 11.5 Å². The molecular weight excluding hydrogens is 466 g/mol. The summed E-state index contributed by atoms with van der Waals surface area (Å²) in [5, 5.41) is 13.9. The normalized spacial score (nSPS) is 14.5. The van der Waals surface area contributed by atoms with Gasteiger partial charge in [0.05, 0.1) is 30.5 Å². The SMILES string of the molecule is CCOc1cc(C(=O)NCCS(=O)(=O)N2CCN(c3ccccn3)CC2)c([N+](=O)[O-])cc1OC. The van der Waals surface area contributed by atoms with Gasteiger partial charge in [-0.2, -0.15) is 4.31 Å². The van der Waals surface area contributed by atoms with Gasteiger partial charge in [-0.15, -0.1) is 0 Å². The Morgan fingerprint density at radius 2 is 1.94 bits per heavy atom. The lowest BCUT2D eigenvalue weighted by Gasteiger charge is -2.34. The van der Waals surface area contributed by atoms with Gasteiger partial charge in [-0.25, -0.2) is 13.4 Å². The molecule has 184 valence electrons. The van der Waals surface area contributed by atoms with Gasteiger partial charge >= 0.3 is 0 Å². The molecule has 0 radical (unpaired) electrons. The lowest BCUT2D eigenvalue weighted by molar-refractivity contribution is -0.385. The molecule has 1 aromatic heterocycles. The Morgan fingerprint density at radius 3 is 2.53 bits per heavy atom. The van der Waals surface area contributed by atoms with Crippen LogP contribution in [0.3, 0.4) is 0 Å². The lowest BCUT2D eigenvalue weighted by atomic mass is 10.1. The number of hydrogen-bond donors (Lipinski definition) is 1. The number of piperazine rings is 1. The summed E-state index contributed by atoms with van der Waals surface area (Å²) < 4.78 is 37.3. The van der Waals surface area contributed by atoms with Gasteiger partial charge in [0.1, 0.15) is 11.4 Å². The second-order valence-electron chi connectivity index (χ2n) is 7.36. The van der Waals surface area contributed by atoms with E-state index in [4.69, 9.17) is 9.47 Å². The number of benzene rings is 1. The predicted molar refractivity (Wildman–Crippen MR) is 125 cm³/mol. The van der Waals surface area contributed by atoms with Crippen molar-refractivity contribution >= 4 is 27.4 Å². The maximum Gasteiger partial charge on any atom is 0.286 e. The Labute approximate surface area is 197 Å². The van der Waals surface area contributed by atoms with E-state index in [0.29, 0.717) is 26.2 Å². The molecule has 0 unspecified atom stereocenters. The first-order chi connectivity index (χ1) is 16.3. The van der Waals surface area contributed by atoms with Crippen molar-refractivity contribution in [3.63, 3.8) is 0 Å². The fraction of sp³-hybridized carbons (Fsp3) is 0.429. The number of nitrogens with one attached hydrogen (secondary N) is 1. The van der Waals surface area contributed by atoms with Crippen LogP contribution >= 0.6 is 0 Å². The topological polar surface area (TPSA) is 144 Å². The van der Waals surface area contributed by atoms with Gasteiger partial charge in [-0.3, -0.25) is 14.9 Å². The fourth-order valence-corrected chi connectivity index (χ4v) is 4.90. The van der Waals surface area contributed by atoms with Gasteiger partial charge < -0.3 is 19.7 Å². The van der Waals surface area contributed by atoms with E-state index in [1.165, 1.54) is 17.5 Å². The highest BCUT2D eigenvalue weighted by atomic mass is 32.2. The highest BCUT2D eigenvalue weighted by Gasteiger charge is 2.28. The summed E-state index contributed by atoms with van der Waals surface area (Å²) in [5.41, 5.74) is -0.707. The highest BCUT2D eigenvalue weighted by Crippen LogP contribution is 2.34. The molecule has 2 heterocycles. The third-order valence-electron chi connectivity index (χ3n) is 5.27. The van der Waals surface area contributed by atoms with Crippen molar-refractivity contribution in [3.05, 3.63) is 52.2 Å². The smallest absolute Gasteiger partial charge is 0.286 e. The van der Waals surface area contributed by atoms with Crippen molar-refractivity contribution in [1.82, 2.24) is 14.6 Å². The second kappa shape index (κ2) is 11.1. The number of nitrogens with zero attached hydrogens (tertiary/aromatic N) is 4. The van der Waals surface area contributed by atoms with E-state index in [9.17, 15) is 23.3 Å². The zero-order valence-corrected chi connectivity index (χ0v) is 19.8. The van der Waals surface area contributed by atoms with Crippen molar-refractivity contribution in [2.75, 3.05) is 57.1 Å². The van der Waals surface area contributed by atoms with Gasteiger partial charge in [-0.05, 0) is 19.1 Å². The third-order valence-corrected chi connectivity index (χ3v) is 7.15. The first-order valence-corrected chi connectivity index (χ1v) is 12.3. The minimum absolute atomic E-state index is 0.123. The first-order valence-electron chi connectivity index (χ1n) is 10.7. The van der Waals surface area contributed by atoms with Crippen LogP contribution in [0.15, 0.2) is 36.5 Å². The number of nitro benzene ring substituents is 1. The second-order valence-corrected chi connectivity index (χ2v) is 9.44. The molecule has 0 bridgehead atoms. The Hall–Kier alpha value is -3.45. The largest absolute Gasteiger partial charge is 0.493 e. The number of nitro groups is 1. The number of hydrogen-bond acceptors (Lipinski definition) is 9. The third kappa shape index (κ3) is 5.91. The molecule has 2 aromatic rings. The summed E-state index contributed by atoms with van der Waals surface area (Å²) >= 11 is 0. The number of amides is 1. The molecule has 1 aromatic carbocycles. The van der Waals surface area contributed by atoms with E-state index >= 15 is 0 Å². The number of aromatic nitrogens is 1. The number of pyridine rings is 1. The molecule has 34 heavy (non-hydrogen) atoms. The van der Waals surface area contributed by atoms with Crippen molar-refractivity contribution in [3.8, 4) is 11.5 Å². The number of sulfonamides is 1. The van der Waals surface area contributed by atoms with Gasteiger partial charge in [0.15, 0.2) is 11.5 Å². The van der Waals surface area contributed by atoms with E-state index < -0.39 is 26.5 Å². The van der Waals surface area contributed by atoms with Gasteiger partial charge in [-0.1, -0.05) is 6.07 Å². The summed E-state index contributed by atoms with van der Waals surface area (Å²) in [6, 6.07) is 7.89. The number of carbonyl (C=O) groups excluding carboxylic acids is 1. The summed E-state index contributed by atoms with van der Waals surface area (Å²) in [7, 11) is -2.29. The predicted octanol–water partition coefficient (Wildman–Crippen LogP) is 1.28. The summed E-state index contributed by atoms with van der Waals surface area (Å²) in [4.78, 5) is 29.7. The summed E-state index contributed by atoms with van der Waals surface area (Å²) in [5.74, 6) is -0.00797. The van der Waals surface area contributed by atoms with Crippen LogP contribution in [-0.4, -0.2) is 80.7 Å². The highest BCUT2D eigenvalue weighted by molar-refractivity contribution is 7.89. The quantitative estimate of drug-likeness (QED) is 0.382. The van der Waals surface area contributed by atoms with Crippen LogP contribution in [0.2, 0.25) is 0 Å². The number of rotatable bonds is 10. The molecule has 1 N–H and O–H groups in total. The molecule has 0 aliphatic carbocycles. The van der Waals surface area contributed by atoms with Gasteiger partial charge in [0.25, 0.3) is 11.6 Å². The number of carbonyl (C=O) groups is 1. The standard InChI is InChI=1S/C21H27N5O7S/c1-3-33-19-14-16(17(26(28)29)15-18(19)32-2)21(27)23-8-13-34(30,31)25-11-9-24(10-12-25)20-6-4-5-7-22-20/h4-7,14-15H,3,8-13H2,1-2H3,(H,23,27). The van der Waals surface area contributed by atoms with Crippen molar-refractivity contribution < 1.29 is 27.6 Å². The molecule has 3 rings (SSSR count). The molecule has 1 aliphatic heterocycles. The fourth-order valence-electron chi connectivity index (χ4n) is 3.56. The molecular formula is C21H27N5O7S. The Morgan fingerprint density at radius 1 is 1.21 bits per heavy atom. The Bertz CT molecular complexity index is 1120. The average molecular weight is 494 g/mol. The maximum atomic E-state index is 12.7. The zero-order valence-electron chi connectivity index (χ0n) is 19.0. The summed E-state index contributed by atoms with van der Waals surface area (Å²) in [6.45, 7) is 3.39. The monoisotopic (exact) mass is 493 g/mol. The van der Waals surface area contributed by atoms with Crippen molar-refractivity contribution in [1.29, 1.82) is 0 Å². The minimum atomic E-state index is -3.63. The molecule has 1 amide bonds. The molecule has 1 aliphatic rings. The van der Waals surface area contributed by atoms with Crippen LogP contribution in [0.4, 0.5) is 11.5 Å². The van der Waals surface area contributed by atoms with Crippen LogP contribution < -0.4 is 19.7 Å². The van der Waals surface area contributed by atoms with Crippen LogP contribution in [0.25, 0.3) is 0 Å². The molecule has 0 spiro atoms. The number of ether oxygens (including phenoxy) is 2. The molecule has 1 saturated heterocycles. The average Bonchev–Trinajstić information content (AvgIpc) is 2.84. The van der Waals surface area contributed by atoms with Crippen LogP contribution in [0.1, 0.15) is 17.3 Å². The van der Waals surface area contributed by atoms with E-state index in [0.717, 1.165) is 11.9 Å². The zero-order chi connectivity index (χ0) is 24.7. The van der Waals surface area contributed by atoms with Crippen molar-refractivity contribution in [2.45, 2.75) is 6.92 Å².